The van der Waals surface area contributed by atoms with Gasteiger partial charge in [0.1, 0.15) is 0 Å². The van der Waals surface area contributed by atoms with Crippen molar-refractivity contribution in [1.29, 1.82) is 0 Å². The summed E-state index contributed by atoms with van der Waals surface area (Å²) in [6, 6.07) is 25.0. The van der Waals surface area contributed by atoms with Gasteiger partial charge in [0.05, 0.1) is 17.9 Å². The summed E-state index contributed by atoms with van der Waals surface area (Å²) in [7, 11) is 0. The van der Waals surface area contributed by atoms with Crippen LogP contribution in [0.5, 0.6) is 0 Å². The highest BCUT2D eigenvalue weighted by Crippen LogP contribution is 2.25. The van der Waals surface area contributed by atoms with Crippen molar-refractivity contribution < 1.29 is 0 Å². The lowest BCUT2D eigenvalue weighted by Crippen LogP contribution is -2.01. The molecule has 4 aromatic rings. The van der Waals surface area contributed by atoms with Crippen molar-refractivity contribution in [1.82, 2.24) is 14.8 Å². The van der Waals surface area contributed by atoms with E-state index < -0.39 is 0 Å². The van der Waals surface area contributed by atoms with Crippen molar-refractivity contribution in [3.05, 3.63) is 103 Å². The number of hydrogen-bond donors (Lipinski definition) is 0. The first kappa shape index (κ1) is 16.0. The van der Waals surface area contributed by atoms with Gasteiger partial charge in [-0.1, -0.05) is 61.2 Å². The number of hydrogen-bond acceptors (Lipinski definition) is 2. The first-order valence-electron chi connectivity index (χ1n) is 8.58. The molecule has 3 nitrogen and oxygen atoms in total. The zero-order valence-corrected chi connectivity index (χ0v) is 14.4. The van der Waals surface area contributed by atoms with Crippen LogP contribution in [-0.2, 0) is 6.54 Å². The molecule has 0 amide bonds. The van der Waals surface area contributed by atoms with E-state index in [4.69, 9.17) is 5.10 Å². The predicted octanol–water partition coefficient (Wildman–Crippen LogP) is 5.30. The van der Waals surface area contributed by atoms with E-state index in [9.17, 15) is 0 Å². The molecule has 0 radical (unpaired) electrons. The van der Waals surface area contributed by atoms with Gasteiger partial charge in [-0.25, -0.2) is 0 Å². The zero-order valence-electron chi connectivity index (χ0n) is 14.4. The van der Waals surface area contributed by atoms with Crippen molar-refractivity contribution in [2.75, 3.05) is 0 Å². The van der Waals surface area contributed by atoms with E-state index in [0.717, 1.165) is 22.5 Å². The Balaban J connectivity index is 1.57. The molecule has 0 atom stereocenters. The summed E-state index contributed by atoms with van der Waals surface area (Å²) in [5, 5.41) is 4.72. The molecule has 0 unspecified atom stereocenters. The second-order valence-electron chi connectivity index (χ2n) is 6.14. The van der Waals surface area contributed by atoms with Crippen LogP contribution in [0, 0.1) is 0 Å². The Morgan fingerprint density at radius 2 is 1.65 bits per heavy atom. The minimum Gasteiger partial charge on any atom is -0.268 e. The summed E-state index contributed by atoms with van der Waals surface area (Å²) in [4.78, 5) is 4.34. The van der Waals surface area contributed by atoms with Crippen LogP contribution in [0.1, 0.15) is 11.3 Å². The highest BCUT2D eigenvalue weighted by molar-refractivity contribution is 5.71. The van der Waals surface area contributed by atoms with E-state index in [2.05, 4.69) is 72.2 Å². The monoisotopic (exact) mass is 337 g/mol. The molecule has 3 heteroatoms. The third-order valence-corrected chi connectivity index (χ3v) is 4.31. The molecule has 2 aromatic heterocycles. The van der Waals surface area contributed by atoms with Crippen LogP contribution in [0.15, 0.2) is 91.8 Å². The maximum Gasteiger partial charge on any atom is 0.0923 e. The largest absolute Gasteiger partial charge is 0.268 e. The Kier molecular flexibility index (Phi) is 4.44. The van der Waals surface area contributed by atoms with Gasteiger partial charge in [0.25, 0.3) is 0 Å². The first-order valence-corrected chi connectivity index (χ1v) is 8.58. The fraction of sp³-hybridized carbons (Fsp3) is 0.0435. The van der Waals surface area contributed by atoms with Gasteiger partial charge >= 0.3 is 0 Å². The highest BCUT2D eigenvalue weighted by Gasteiger charge is 2.05. The molecular formula is C23H19N3. The van der Waals surface area contributed by atoms with Crippen LogP contribution >= 0.6 is 0 Å². The van der Waals surface area contributed by atoms with E-state index in [1.807, 2.05) is 29.2 Å². The van der Waals surface area contributed by atoms with E-state index in [1.54, 1.807) is 6.08 Å². The van der Waals surface area contributed by atoms with Gasteiger partial charge in [0.2, 0.25) is 0 Å². The molecule has 0 saturated heterocycles. The summed E-state index contributed by atoms with van der Waals surface area (Å²) < 4.78 is 1.94. The lowest BCUT2D eigenvalue weighted by molar-refractivity contribution is 0.687. The SMILES string of the molecule is C=Cc1ccc(Cn2ccc(-c3cccc(-c4ccccc4)c3)n2)cn1. The van der Waals surface area contributed by atoms with Gasteiger partial charge in [-0.3, -0.25) is 9.67 Å². The van der Waals surface area contributed by atoms with E-state index in [1.165, 1.54) is 11.1 Å². The lowest BCUT2D eigenvalue weighted by Gasteiger charge is -2.04. The Morgan fingerprint density at radius 1 is 0.846 bits per heavy atom. The number of benzene rings is 2. The molecule has 126 valence electrons. The zero-order chi connectivity index (χ0) is 17.8. The summed E-state index contributed by atoms with van der Waals surface area (Å²) in [6.07, 6.45) is 5.62. The van der Waals surface area contributed by atoms with E-state index >= 15 is 0 Å². The lowest BCUT2D eigenvalue weighted by atomic mass is 10.0. The van der Waals surface area contributed by atoms with Crippen molar-refractivity contribution >= 4 is 6.08 Å². The van der Waals surface area contributed by atoms with Crippen molar-refractivity contribution in [3.8, 4) is 22.4 Å². The Bertz CT molecular complexity index is 1010. The fourth-order valence-corrected chi connectivity index (χ4v) is 2.93. The average Bonchev–Trinajstić information content (AvgIpc) is 3.18. The summed E-state index contributed by atoms with van der Waals surface area (Å²) >= 11 is 0. The summed E-state index contributed by atoms with van der Waals surface area (Å²) in [5.74, 6) is 0. The van der Waals surface area contributed by atoms with Gasteiger partial charge in [-0.15, -0.1) is 0 Å². The number of aromatic nitrogens is 3. The van der Waals surface area contributed by atoms with Crippen molar-refractivity contribution in [3.63, 3.8) is 0 Å². The minimum absolute atomic E-state index is 0.697. The standard InChI is InChI=1S/C23H19N3/c1-2-22-12-11-18(16-24-22)17-26-14-13-23(25-26)21-10-6-9-20(15-21)19-7-4-3-5-8-19/h2-16H,1,17H2. The average molecular weight is 337 g/mol. The fourth-order valence-electron chi connectivity index (χ4n) is 2.93. The first-order chi connectivity index (χ1) is 12.8. The minimum atomic E-state index is 0.697. The molecular weight excluding hydrogens is 318 g/mol. The molecule has 4 rings (SSSR count). The van der Waals surface area contributed by atoms with Gasteiger partial charge in [0, 0.05) is 18.0 Å². The smallest absolute Gasteiger partial charge is 0.0923 e. The highest BCUT2D eigenvalue weighted by atomic mass is 15.3. The molecule has 2 aromatic carbocycles. The van der Waals surface area contributed by atoms with Crippen LogP contribution in [-0.4, -0.2) is 14.8 Å². The third-order valence-electron chi connectivity index (χ3n) is 4.31. The van der Waals surface area contributed by atoms with Gasteiger partial charge in [-0.05, 0) is 41.0 Å². The van der Waals surface area contributed by atoms with Crippen molar-refractivity contribution in [2.45, 2.75) is 6.54 Å². The number of rotatable bonds is 5. The molecule has 0 aliphatic heterocycles. The Morgan fingerprint density at radius 3 is 2.42 bits per heavy atom. The van der Waals surface area contributed by atoms with E-state index in [-0.39, 0.29) is 0 Å². The van der Waals surface area contributed by atoms with Crippen LogP contribution in [0.2, 0.25) is 0 Å². The van der Waals surface area contributed by atoms with Gasteiger partial charge in [0.15, 0.2) is 0 Å². The Labute approximate surface area is 153 Å². The van der Waals surface area contributed by atoms with Crippen LogP contribution in [0.3, 0.4) is 0 Å². The molecule has 26 heavy (non-hydrogen) atoms. The topological polar surface area (TPSA) is 30.7 Å². The summed E-state index contributed by atoms with van der Waals surface area (Å²) in [5.41, 5.74) is 6.49. The summed E-state index contributed by atoms with van der Waals surface area (Å²) in [6.45, 7) is 4.43. The van der Waals surface area contributed by atoms with Gasteiger partial charge < -0.3 is 0 Å². The molecule has 2 heterocycles. The molecule has 0 aliphatic rings. The molecule has 0 bridgehead atoms. The van der Waals surface area contributed by atoms with E-state index in [0.29, 0.717) is 6.54 Å². The second kappa shape index (κ2) is 7.19. The van der Waals surface area contributed by atoms with Gasteiger partial charge in [-0.2, -0.15) is 5.10 Å². The maximum atomic E-state index is 4.72. The maximum absolute atomic E-state index is 4.72. The van der Waals surface area contributed by atoms with Crippen molar-refractivity contribution in [2.24, 2.45) is 0 Å². The molecule has 0 aliphatic carbocycles. The third kappa shape index (κ3) is 3.47. The quantitative estimate of drug-likeness (QED) is 0.494. The predicted molar refractivity (Wildman–Crippen MR) is 107 cm³/mol. The molecule has 0 N–H and O–H groups in total. The normalized spacial score (nSPS) is 10.6. The van der Waals surface area contributed by atoms with Crippen LogP contribution in [0.4, 0.5) is 0 Å². The molecule has 0 spiro atoms. The van der Waals surface area contributed by atoms with Crippen LogP contribution in [0.25, 0.3) is 28.5 Å². The van der Waals surface area contributed by atoms with Crippen LogP contribution < -0.4 is 0 Å². The number of pyridine rings is 1. The molecule has 0 fully saturated rings. The molecule has 0 saturated carbocycles. The Hall–Kier alpha value is -3.46. The second-order valence-corrected chi connectivity index (χ2v) is 6.14. The number of nitrogens with zero attached hydrogens (tertiary/aromatic N) is 3.